The Morgan fingerprint density at radius 1 is 1.36 bits per heavy atom. The van der Waals surface area contributed by atoms with Crippen LogP contribution in [0.4, 0.5) is 0 Å². The van der Waals surface area contributed by atoms with Gasteiger partial charge < -0.3 is 5.11 Å². The van der Waals surface area contributed by atoms with E-state index < -0.39 is 0 Å². The van der Waals surface area contributed by atoms with Gasteiger partial charge in [-0.3, -0.25) is 0 Å². The van der Waals surface area contributed by atoms with Crippen LogP contribution in [0.15, 0.2) is 0 Å². The van der Waals surface area contributed by atoms with Crippen molar-refractivity contribution in [3.63, 3.8) is 0 Å². The first-order valence-electron chi connectivity index (χ1n) is 4.76. The van der Waals surface area contributed by atoms with Crippen LogP contribution in [-0.2, 0) is 0 Å². The third kappa shape index (κ3) is 1.96. The average molecular weight is 156 g/mol. The zero-order chi connectivity index (χ0) is 8.43. The SMILES string of the molecule is CC1CC(CO)C(C(C)C)C1. The van der Waals surface area contributed by atoms with Gasteiger partial charge >= 0.3 is 0 Å². The number of aliphatic hydroxyl groups is 1. The van der Waals surface area contributed by atoms with Gasteiger partial charge in [-0.25, -0.2) is 0 Å². The molecule has 1 aliphatic carbocycles. The zero-order valence-corrected chi connectivity index (χ0v) is 7.88. The first kappa shape index (κ1) is 9.05. The summed E-state index contributed by atoms with van der Waals surface area (Å²) in [6.07, 6.45) is 2.56. The predicted octanol–water partition coefficient (Wildman–Crippen LogP) is 2.30. The topological polar surface area (TPSA) is 20.2 Å². The first-order valence-corrected chi connectivity index (χ1v) is 4.76. The summed E-state index contributed by atoms with van der Waals surface area (Å²) >= 11 is 0. The fourth-order valence-corrected chi connectivity index (χ4v) is 2.47. The van der Waals surface area contributed by atoms with Gasteiger partial charge in [0.15, 0.2) is 0 Å². The highest BCUT2D eigenvalue weighted by Crippen LogP contribution is 2.39. The molecule has 11 heavy (non-hydrogen) atoms. The summed E-state index contributed by atoms with van der Waals surface area (Å²) in [6.45, 7) is 7.23. The first-order chi connectivity index (χ1) is 5.15. The molecular formula is C10H20O. The Labute approximate surface area is 69.8 Å². The van der Waals surface area contributed by atoms with Gasteiger partial charge in [0.2, 0.25) is 0 Å². The van der Waals surface area contributed by atoms with Gasteiger partial charge in [-0.05, 0) is 36.5 Å². The van der Waals surface area contributed by atoms with E-state index in [1.807, 2.05) is 0 Å². The molecule has 0 saturated heterocycles. The van der Waals surface area contributed by atoms with Crippen molar-refractivity contribution >= 4 is 0 Å². The Hall–Kier alpha value is -0.0400. The van der Waals surface area contributed by atoms with E-state index in [0.29, 0.717) is 12.5 Å². The summed E-state index contributed by atoms with van der Waals surface area (Å²) in [5.74, 6) is 2.94. The molecule has 1 N–H and O–H groups in total. The Bertz CT molecular complexity index is 120. The molecule has 66 valence electrons. The lowest BCUT2D eigenvalue weighted by Crippen LogP contribution is -2.17. The maximum atomic E-state index is 9.10. The smallest absolute Gasteiger partial charge is 0.0462 e. The molecule has 3 atom stereocenters. The number of hydrogen-bond donors (Lipinski definition) is 1. The van der Waals surface area contributed by atoms with Crippen LogP contribution >= 0.6 is 0 Å². The van der Waals surface area contributed by atoms with Gasteiger partial charge in [-0.2, -0.15) is 0 Å². The fraction of sp³-hybridized carbons (Fsp3) is 1.00. The number of rotatable bonds is 2. The third-order valence-corrected chi connectivity index (χ3v) is 3.08. The summed E-state index contributed by atoms with van der Waals surface area (Å²) in [5, 5.41) is 9.10. The molecule has 3 unspecified atom stereocenters. The minimum absolute atomic E-state index is 0.396. The Kier molecular flexibility index (Phi) is 2.94. The van der Waals surface area contributed by atoms with Gasteiger partial charge in [-0.15, -0.1) is 0 Å². The van der Waals surface area contributed by atoms with Crippen LogP contribution in [-0.4, -0.2) is 11.7 Å². The second-order valence-corrected chi connectivity index (χ2v) is 4.43. The molecule has 1 fully saturated rings. The second-order valence-electron chi connectivity index (χ2n) is 4.43. The minimum atomic E-state index is 0.396. The van der Waals surface area contributed by atoms with Crippen molar-refractivity contribution in [2.45, 2.75) is 33.6 Å². The van der Waals surface area contributed by atoms with E-state index in [1.54, 1.807) is 0 Å². The largest absolute Gasteiger partial charge is 0.396 e. The standard InChI is InChI=1S/C10H20O/c1-7(2)10-5-8(3)4-9(10)6-11/h7-11H,4-6H2,1-3H3. The van der Waals surface area contributed by atoms with Crippen molar-refractivity contribution in [2.24, 2.45) is 23.7 Å². The average Bonchev–Trinajstić information content (AvgIpc) is 2.30. The highest BCUT2D eigenvalue weighted by Gasteiger charge is 2.32. The van der Waals surface area contributed by atoms with Crippen molar-refractivity contribution in [2.75, 3.05) is 6.61 Å². The minimum Gasteiger partial charge on any atom is -0.396 e. The Balaban J connectivity index is 2.50. The zero-order valence-electron chi connectivity index (χ0n) is 7.88. The Morgan fingerprint density at radius 3 is 2.36 bits per heavy atom. The van der Waals surface area contributed by atoms with E-state index >= 15 is 0 Å². The predicted molar refractivity (Wildman–Crippen MR) is 47.3 cm³/mol. The molecule has 0 spiro atoms. The van der Waals surface area contributed by atoms with E-state index in [1.165, 1.54) is 12.8 Å². The van der Waals surface area contributed by atoms with Gasteiger partial charge in [0.25, 0.3) is 0 Å². The summed E-state index contributed by atoms with van der Waals surface area (Å²) < 4.78 is 0. The molecule has 1 saturated carbocycles. The summed E-state index contributed by atoms with van der Waals surface area (Å²) in [4.78, 5) is 0. The lowest BCUT2D eigenvalue weighted by molar-refractivity contribution is 0.169. The van der Waals surface area contributed by atoms with Crippen LogP contribution in [0.2, 0.25) is 0 Å². The summed E-state index contributed by atoms with van der Waals surface area (Å²) in [6, 6.07) is 0. The van der Waals surface area contributed by atoms with Crippen LogP contribution in [0.3, 0.4) is 0 Å². The number of aliphatic hydroxyl groups excluding tert-OH is 1. The molecular weight excluding hydrogens is 136 g/mol. The fourth-order valence-electron chi connectivity index (χ4n) is 2.47. The van der Waals surface area contributed by atoms with E-state index in [0.717, 1.165) is 17.8 Å². The second kappa shape index (κ2) is 3.57. The van der Waals surface area contributed by atoms with Crippen LogP contribution in [0.25, 0.3) is 0 Å². The quantitative estimate of drug-likeness (QED) is 0.650. The van der Waals surface area contributed by atoms with Crippen molar-refractivity contribution < 1.29 is 5.11 Å². The molecule has 1 aliphatic rings. The maximum absolute atomic E-state index is 9.10. The van der Waals surface area contributed by atoms with Gasteiger partial charge in [0, 0.05) is 6.61 Å². The molecule has 0 aromatic carbocycles. The van der Waals surface area contributed by atoms with Crippen molar-refractivity contribution in [1.82, 2.24) is 0 Å². The molecule has 0 bridgehead atoms. The number of hydrogen-bond acceptors (Lipinski definition) is 1. The molecule has 0 aromatic heterocycles. The monoisotopic (exact) mass is 156 g/mol. The molecule has 1 nitrogen and oxygen atoms in total. The van der Waals surface area contributed by atoms with E-state index in [9.17, 15) is 0 Å². The summed E-state index contributed by atoms with van der Waals surface area (Å²) in [7, 11) is 0. The molecule has 0 aliphatic heterocycles. The lowest BCUT2D eigenvalue weighted by atomic mass is 9.87. The van der Waals surface area contributed by atoms with Crippen LogP contribution < -0.4 is 0 Å². The van der Waals surface area contributed by atoms with Crippen LogP contribution in [0.5, 0.6) is 0 Å². The van der Waals surface area contributed by atoms with Gasteiger partial charge in [0.1, 0.15) is 0 Å². The molecule has 0 amide bonds. The highest BCUT2D eigenvalue weighted by molar-refractivity contribution is 4.82. The van der Waals surface area contributed by atoms with E-state index in [2.05, 4.69) is 20.8 Å². The van der Waals surface area contributed by atoms with Crippen LogP contribution in [0.1, 0.15) is 33.6 Å². The molecule has 0 heterocycles. The van der Waals surface area contributed by atoms with Crippen molar-refractivity contribution in [3.05, 3.63) is 0 Å². The van der Waals surface area contributed by atoms with Gasteiger partial charge in [-0.1, -0.05) is 20.8 Å². The lowest BCUT2D eigenvalue weighted by Gasteiger charge is -2.20. The van der Waals surface area contributed by atoms with Crippen LogP contribution in [0, 0.1) is 23.7 Å². The third-order valence-electron chi connectivity index (χ3n) is 3.08. The van der Waals surface area contributed by atoms with Crippen molar-refractivity contribution in [3.8, 4) is 0 Å². The Morgan fingerprint density at radius 2 is 2.00 bits per heavy atom. The van der Waals surface area contributed by atoms with E-state index in [-0.39, 0.29) is 0 Å². The molecule has 1 rings (SSSR count). The van der Waals surface area contributed by atoms with Gasteiger partial charge in [0.05, 0.1) is 0 Å². The van der Waals surface area contributed by atoms with Crippen molar-refractivity contribution in [1.29, 1.82) is 0 Å². The molecule has 0 aromatic rings. The highest BCUT2D eigenvalue weighted by atomic mass is 16.3. The summed E-state index contributed by atoms with van der Waals surface area (Å²) in [5.41, 5.74) is 0. The van der Waals surface area contributed by atoms with E-state index in [4.69, 9.17) is 5.11 Å². The normalized spacial score (nSPS) is 38.5. The molecule has 0 radical (unpaired) electrons. The maximum Gasteiger partial charge on any atom is 0.0462 e. The molecule has 1 heteroatoms.